The highest BCUT2D eigenvalue weighted by atomic mass is 15.2. The summed E-state index contributed by atoms with van der Waals surface area (Å²) in [6.07, 6.45) is 11.4. The Bertz CT molecular complexity index is 408. The Morgan fingerprint density at radius 1 is 1.04 bits per heavy atom. The Hall–Kier alpha value is -0.790. The van der Waals surface area contributed by atoms with Crippen LogP contribution in [0.25, 0.3) is 0 Å². The molecule has 0 bridgehead atoms. The number of allylic oxidation sites excluding steroid dienone is 1. The molecule has 0 radical (unpaired) electrons. The molecule has 0 saturated carbocycles. The molecule has 0 aromatic heterocycles. The number of likely N-dealkylation sites (N-methyl/N-ethyl adjacent to an activating group) is 1. The van der Waals surface area contributed by atoms with E-state index in [-0.39, 0.29) is 0 Å². The molecular formula is C21H41N2+. The summed E-state index contributed by atoms with van der Waals surface area (Å²) in [4.78, 5) is 2.38. The molecule has 0 fully saturated rings. The van der Waals surface area contributed by atoms with Gasteiger partial charge in [-0.05, 0) is 30.6 Å². The molecule has 0 amide bonds. The molecule has 2 heteroatoms. The third kappa shape index (κ3) is 5.97. The summed E-state index contributed by atoms with van der Waals surface area (Å²) in [6, 6.07) is 0.532. The second-order valence-corrected chi connectivity index (χ2v) is 8.25. The summed E-state index contributed by atoms with van der Waals surface area (Å²) in [6.45, 7) is 14.1. The number of rotatable bonds is 9. The first-order chi connectivity index (χ1) is 10.8. The summed E-state index contributed by atoms with van der Waals surface area (Å²) in [7, 11) is 4.43. The van der Waals surface area contributed by atoms with Crippen LogP contribution in [0.4, 0.5) is 0 Å². The van der Waals surface area contributed by atoms with Gasteiger partial charge in [0.1, 0.15) is 11.7 Å². The van der Waals surface area contributed by atoms with E-state index < -0.39 is 0 Å². The summed E-state index contributed by atoms with van der Waals surface area (Å²) in [5.41, 5.74) is 1.56. The summed E-state index contributed by atoms with van der Waals surface area (Å²) in [5, 5.41) is 0. The Kier molecular flexibility index (Phi) is 8.36. The van der Waals surface area contributed by atoms with Crippen LogP contribution in [0.5, 0.6) is 0 Å². The molecular weight excluding hydrogens is 280 g/mol. The van der Waals surface area contributed by atoms with E-state index in [1.165, 1.54) is 32.1 Å². The standard InChI is InChI=1S/C21H41N2/c1-9-17(5)11-12-19(13-18(6)10-2)21-14-20(16(3)4)22(7)15-23(21)8/h14-20H,9-13H2,1-8H3/q+1. The summed E-state index contributed by atoms with van der Waals surface area (Å²) >= 11 is 0. The van der Waals surface area contributed by atoms with Crippen LogP contribution in [0.15, 0.2) is 11.8 Å². The van der Waals surface area contributed by atoms with Crippen LogP contribution in [-0.4, -0.2) is 36.0 Å². The van der Waals surface area contributed by atoms with Crippen LogP contribution in [-0.2, 0) is 0 Å². The molecule has 1 heterocycles. The van der Waals surface area contributed by atoms with E-state index in [1.54, 1.807) is 5.70 Å². The molecule has 0 saturated heterocycles. The van der Waals surface area contributed by atoms with Gasteiger partial charge in [-0.3, -0.25) is 4.58 Å². The maximum absolute atomic E-state index is 2.55. The molecule has 0 aromatic carbocycles. The maximum Gasteiger partial charge on any atom is 0.239 e. The predicted molar refractivity (Wildman–Crippen MR) is 103 cm³/mol. The van der Waals surface area contributed by atoms with Crippen molar-refractivity contribution in [3.63, 3.8) is 0 Å². The van der Waals surface area contributed by atoms with Gasteiger partial charge in [0.2, 0.25) is 6.34 Å². The van der Waals surface area contributed by atoms with E-state index in [0.717, 1.165) is 11.8 Å². The van der Waals surface area contributed by atoms with E-state index in [0.29, 0.717) is 17.9 Å². The zero-order valence-electron chi connectivity index (χ0n) is 17.0. The second kappa shape index (κ2) is 9.49. The molecule has 4 unspecified atom stereocenters. The van der Waals surface area contributed by atoms with Gasteiger partial charge in [-0.15, -0.1) is 0 Å². The van der Waals surface area contributed by atoms with Gasteiger partial charge < -0.3 is 0 Å². The lowest BCUT2D eigenvalue weighted by atomic mass is 9.84. The fourth-order valence-electron chi connectivity index (χ4n) is 3.64. The fraction of sp³-hybridized carbons (Fsp3) is 0.857. The van der Waals surface area contributed by atoms with Gasteiger partial charge >= 0.3 is 0 Å². The van der Waals surface area contributed by atoms with E-state index >= 15 is 0 Å². The lowest BCUT2D eigenvalue weighted by Gasteiger charge is -2.31. The van der Waals surface area contributed by atoms with Crippen LogP contribution < -0.4 is 0 Å². The van der Waals surface area contributed by atoms with Crippen molar-refractivity contribution in [2.24, 2.45) is 23.7 Å². The fourth-order valence-corrected chi connectivity index (χ4v) is 3.64. The number of nitrogens with zero attached hydrogens (tertiary/aromatic N) is 2. The predicted octanol–water partition coefficient (Wildman–Crippen LogP) is 5.39. The van der Waals surface area contributed by atoms with E-state index in [9.17, 15) is 0 Å². The zero-order chi connectivity index (χ0) is 17.6. The Balaban J connectivity index is 2.96. The molecule has 2 nitrogen and oxygen atoms in total. The molecule has 1 rings (SSSR count). The second-order valence-electron chi connectivity index (χ2n) is 8.25. The van der Waals surface area contributed by atoms with E-state index in [4.69, 9.17) is 0 Å². The molecule has 4 atom stereocenters. The minimum absolute atomic E-state index is 0.532. The lowest BCUT2D eigenvalue weighted by Crippen LogP contribution is -2.39. The molecule has 0 spiro atoms. The first-order valence-electron chi connectivity index (χ1n) is 9.81. The van der Waals surface area contributed by atoms with Gasteiger partial charge in [-0.25, -0.2) is 4.90 Å². The normalized spacial score (nSPS) is 22.7. The number of hydrogen-bond donors (Lipinski definition) is 0. The van der Waals surface area contributed by atoms with Crippen molar-refractivity contribution >= 4 is 6.34 Å². The maximum atomic E-state index is 2.55. The Morgan fingerprint density at radius 3 is 2.17 bits per heavy atom. The molecule has 23 heavy (non-hydrogen) atoms. The van der Waals surface area contributed by atoms with Crippen molar-refractivity contribution in [1.82, 2.24) is 4.90 Å². The summed E-state index contributed by atoms with van der Waals surface area (Å²) < 4.78 is 2.36. The van der Waals surface area contributed by atoms with Gasteiger partial charge in [-0.1, -0.05) is 60.8 Å². The van der Waals surface area contributed by atoms with Gasteiger partial charge in [0.25, 0.3) is 0 Å². The first-order valence-corrected chi connectivity index (χ1v) is 9.81. The van der Waals surface area contributed by atoms with Crippen LogP contribution >= 0.6 is 0 Å². The van der Waals surface area contributed by atoms with Crippen molar-refractivity contribution in [2.75, 3.05) is 14.1 Å². The van der Waals surface area contributed by atoms with E-state index in [2.05, 4.69) is 77.5 Å². The quantitative estimate of drug-likeness (QED) is 0.516. The van der Waals surface area contributed by atoms with Crippen LogP contribution in [0.3, 0.4) is 0 Å². The third-order valence-corrected chi connectivity index (χ3v) is 5.76. The molecule has 0 N–H and O–H groups in total. The third-order valence-electron chi connectivity index (χ3n) is 5.76. The van der Waals surface area contributed by atoms with E-state index in [1.807, 2.05) is 0 Å². The van der Waals surface area contributed by atoms with Crippen molar-refractivity contribution in [3.05, 3.63) is 11.8 Å². The number of hydrogen-bond acceptors (Lipinski definition) is 1. The first kappa shape index (κ1) is 20.3. The van der Waals surface area contributed by atoms with Crippen molar-refractivity contribution < 1.29 is 4.58 Å². The lowest BCUT2D eigenvalue weighted by molar-refractivity contribution is -0.535. The van der Waals surface area contributed by atoms with Crippen LogP contribution in [0, 0.1) is 23.7 Å². The van der Waals surface area contributed by atoms with Gasteiger partial charge in [0.05, 0.1) is 14.1 Å². The molecule has 0 aromatic rings. The molecule has 1 aliphatic heterocycles. The molecule has 0 aliphatic carbocycles. The smallest absolute Gasteiger partial charge is 0.239 e. The monoisotopic (exact) mass is 321 g/mol. The highest BCUT2D eigenvalue weighted by Gasteiger charge is 2.31. The molecule has 134 valence electrons. The van der Waals surface area contributed by atoms with Gasteiger partial charge in [0, 0.05) is 12.0 Å². The van der Waals surface area contributed by atoms with Crippen LogP contribution in [0.2, 0.25) is 0 Å². The average Bonchev–Trinajstić information content (AvgIpc) is 2.50. The largest absolute Gasteiger partial charge is 0.264 e. The van der Waals surface area contributed by atoms with Gasteiger partial charge in [-0.2, -0.15) is 0 Å². The molecule has 1 aliphatic rings. The van der Waals surface area contributed by atoms with Crippen molar-refractivity contribution in [3.8, 4) is 0 Å². The van der Waals surface area contributed by atoms with Crippen molar-refractivity contribution in [1.29, 1.82) is 0 Å². The minimum Gasteiger partial charge on any atom is -0.264 e. The minimum atomic E-state index is 0.532. The highest BCUT2D eigenvalue weighted by molar-refractivity contribution is 5.54. The SMILES string of the molecule is CCC(C)CCC(CC(C)CC)C1=CC(C(C)C)[N+](C)=CN1C. The van der Waals surface area contributed by atoms with Crippen molar-refractivity contribution in [2.45, 2.75) is 79.7 Å². The Labute approximate surface area is 145 Å². The summed E-state index contributed by atoms with van der Waals surface area (Å²) in [5.74, 6) is 3.01. The average molecular weight is 322 g/mol. The highest BCUT2D eigenvalue weighted by Crippen LogP contribution is 2.32. The van der Waals surface area contributed by atoms with Gasteiger partial charge in [0.15, 0.2) is 0 Å². The topological polar surface area (TPSA) is 6.25 Å². The Morgan fingerprint density at radius 2 is 1.65 bits per heavy atom. The zero-order valence-corrected chi connectivity index (χ0v) is 17.0. The van der Waals surface area contributed by atoms with Crippen LogP contribution in [0.1, 0.15) is 73.6 Å².